The molecule has 1 fully saturated rings. The minimum absolute atomic E-state index is 0.124. The molecule has 0 saturated carbocycles. The smallest absolute Gasteiger partial charge is 0.230 e. The van der Waals surface area contributed by atoms with Crippen LogP contribution >= 0.6 is 11.3 Å². The molecule has 0 spiro atoms. The van der Waals surface area contributed by atoms with Gasteiger partial charge in [-0.1, -0.05) is 23.5 Å². The largest absolute Gasteiger partial charge is 0.497 e. The molecule has 0 radical (unpaired) electrons. The fraction of sp³-hybridized carbons (Fsp3) is 0.273. The zero-order valence-electron chi connectivity index (χ0n) is 17.0. The number of benzene rings is 2. The Bertz CT molecular complexity index is 1170. The number of aromatic nitrogens is 3. The minimum atomic E-state index is -0.228. The summed E-state index contributed by atoms with van der Waals surface area (Å²) in [5.74, 6) is 0.684. The predicted molar refractivity (Wildman–Crippen MR) is 118 cm³/mol. The Labute approximate surface area is 182 Å². The van der Waals surface area contributed by atoms with Gasteiger partial charge < -0.3 is 14.7 Å². The second-order valence-electron chi connectivity index (χ2n) is 7.42. The summed E-state index contributed by atoms with van der Waals surface area (Å²) in [4.78, 5) is 10.3. The van der Waals surface area contributed by atoms with E-state index in [0.29, 0.717) is 4.96 Å². The zero-order chi connectivity index (χ0) is 21.4. The van der Waals surface area contributed by atoms with E-state index in [1.54, 1.807) is 7.11 Å². The van der Waals surface area contributed by atoms with Crippen molar-refractivity contribution >= 4 is 22.0 Å². The van der Waals surface area contributed by atoms with Gasteiger partial charge in [0.15, 0.2) is 0 Å². The molecule has 1 N–H and O–H groups in total. The number of anilines is 1. The Morgan fingerprint density at radius 1 is 1.03 bits per heavy atom. The van der Waals surface area contributed by atoms with Gasteiger partial charge >= 0.3 is 0 Å². The Morgan fingerprint density at radius 2 is 1.74 bits per heavy atom. The van der Waals surface area contributed by atoms with E-state index >= 15 is 0 Å². The highest BCUT2D eigenvalue weighted by Gasteiger charge is 2.31. The number of halogens is 1. The molecule has 9 heteroatoms. The Kier molecular flexibility index (Phi) is 5.21. The van der Waals surface area contributed by atoms with Crippen LogP contribution in [0.15, 0.2) is 54.9 Å². The third kappa shape index (κ3) is 3.70. The van der Waals surface area contributed by atoms with Crippen LogP contribution in [-0.4, -0.2) is 57.9 Å². The molecular weight excluding hydrogens is 417 g/mol. The number of nitrogens with zero attached hydrogens (tertiary/aromatic N) is 5. The number of methoxy groups -OCH3 is 1. The normalized spacial score (nSPS) is 16.0. The molecule has 2 aromatic carbocycles. The first-order valence-electron chi connectivity index (χ1n) is 10.0. The molecule has 5 rings (SSSR count). The fourth-order valence-electron chi connectivity index (χ4n) is 4.08. The molecule has 0 bridgehead atoms. The van der Waals surface area contributed by atoms with Crippen molar-refractivity contribution in [3.63, 3.8) is 0 Å². The SMILES string of the molecule is COc1ccc([C@@H](c2sc3ncnn3c2O)N2CCN(c3ccc(F)cc3)CC2)cc1. The molecule has 3 heterocycles. The molecule has 1 saturated heterocycles. The lowest BCUT2D eigenvalue weighted by molar-refractivity contribution is 0.211. The van der Waals surface area contributed by atoms with Crippen molar-refractivity contribution in [2.45, 2.75) is 6.04 Å². The molecule has 1 atom stereocenters. The van der Waals surface area contributed by atoms with Gasteiger partial charge in [-0.25, -0.2) is 9.37 Å². The average Bonchev–Trinajstić information content (AvgIpc) is 3.39. The first-order valence-corrected chi connectivity index (χ1v) is 10.9. The maximum atomic E-state index is 13.3. The van der Waals surface area contributed by atoms with E-state index in [4.69, 9.17) is 4.74 Å². The van der Waals surface area contributed by atoms with E-state index in [9.17, 15) is 9.50 Å². The van der Waals surface area contributed by atoms with Crippen LogP contribution in [0.1, 0.15) is 16.5 Å². The Hall–Kier alpha value is -3.17. The summed E-state index contributed by atoms with van der Waals surface area (Å²) in [6.45, 7) is 3.20. The number of thiazole rings is 1. The van der Waals surface area contributed by atoms with Crippen LogP contribution in [0, 0.1) is 5.82 Å². The number of hydrogen-bond acceptors (Lipinski definition) is 7. The molecule has 160 valence electrons. The van der Waals surface area contributed by atoms with Crippen molar-refractivity contribution in [2.75, 3.05) is 38.2 Å². The predicted octanol–water partition coefficient (Wildman–Crippen LogP) is 3.56. The average molecular weight is 440 g/mol. The summed E-state index contributed by atoms with van der Waals surface area (Å²) in [7, 11) is 1.65. The van der Waals surface area contributed by atoms with Gasteiger partial charge in [-0.3, -0.25) is 4.90 Å². The Morgan fingerprint density at radius 3 is 2.39 bits per heavy atom. The monoisotopic (exact) mass is 439 g/mol. The summed E-state index contributed by atoms with van der Waals surface area (Å²) in [6.07, 6.45) is 1.44. The standard InChI is InChI=1S/C22H22FN5O2S/c1-30-18-8-2-15(3-9-18)19(20-21(29)28-22(31-20)24-14-25-28)27-12-10-26(11-13-27)17-6-4-16(23)5-7-17/h2-9,14,19,29H,10-13H2,1H3/t19-/m0/s1. The lowest BCUT2D eigenvalue weighted by Crippen LogP contribution is -2.47. The minimum Gasteiger partial charge on any atom is -0.497 e. The van der Waals surface area contributed by atoms with Crippen LogP contribution in [0.25, 0.3) is 4.96 Å². The zero-order valence-corrected chi connectivity index (χ0v) is 17.8. The summed E-state index contributed by atoms with van der Waals surface area (Å²) >= 11 is 1.45. The lowest BCUT2D eigenvalue weighted by atomic mass is 10.0. The molecule has 0 amide bonds. The van der Waals surface area contributed by atoms with E-state index in [1.807, 2.05) is 36.4 Å². The van der Waals surface area contributed by atoms with Gasteiger partial charge in [-0.2, -0.15) is 9.61 Å². The second kappa shape index (κ2) is 8.16. The highest BCUT2D eigenvalue weighted by atomic mass is 32.1. The van der Waals surface area contributed by atoms with Crippen LogP contribution in [0.4, 0.5) is 10.1 Å². The number of aromatic hydroxyl groups is 1. The van der Waals surface area contributed by atoms with Crippen molar-refractivity contribution in [1.29, 1.82) is 0 Å². The molecule has 7 nitrogen and oxygen atoms in total. The van der Waals surface area contributed by atoms with E-state index in [1.165, 1.54) is 34.3 Å². The molecule has 4 aromatic rings. The van der Waals surface area contributed by atoms with Crippen LogP contribution in [0.5, 0.6) is 11.6 Å². The molecule has 1 aliphatic rings. The summed E-state index contributed by atoms with van der Waals surface area (Å²) in [5, 5.41) is 15.0. The topological polar surface area (TPSA) is 66.1 Å². The van der Waals surface area contributed by atoms with Gasteiger partial charge in [0.05, 0.1) is 18.0 Å². The van der Waals surface area contributed by atoms with Crippen molar-refractivity contribution in [2.24, 2.45) is 0 Å². The maximum absolute atomic E-state index is 13.3. The third-order valence-corrected chi connectivity index (χ3v) is 6.78. The molecule has 0 aliphatic carbocycles. The number of piperazine rings is 1. The van der Waals surface area contributed by atoms with Crippen molar-refractivity contribution in [3.05, 3.63) is 71.1 Å². The quantitative estimate of drug-likeness (QED) is 0.513. The van der Waals surface area contributed by atoms with E-state index in [-0.39, 0.29) is 17.7 Å². The second-order valence-corrected chi connectivity index (χ2v) is 8.43. The van der Waals surface area contributed by atoms with Crippen LogP contribution in [0.3, 0.4) is 0 Å². The van der Waals surface area contributed by atoms with Gasteiger partial charge in [0.1, 0.15) is 17.9 Å². The Balaban J connectivity index is 1.45. The number of fused-ring (bicyclic) bond motifs is 1. The lowest BCUT2D eigenvalue weighted by Gasteiger charge is -2.40. The number of hydrogen-bond donors (Lipinski definition) is 1. The summed E-state index contributed by atoms with van der Waals surface area (Å²) in [6, 6.07) is 14.4. The third-order valence-electron chi connectivity index (χ3n) is 5.69. The fourth-order valence-corrected chi connectivity index (χ4v) is 5.17. The molecule has 31 heavy (non-hydrogen) atoms. The first kappa shape index (κ1) is 19.8. The van der Waals surface area contributed by atoms with Crippen molar-refractivity contribution < 1.29 is 14.2 Å². The molecule has 1 aliphatic heterocycles. The van der Waals surface area contributed by atoms with Gasteiger partial charge in [0, 0.05) is 31.9 Å². The molecule has 0 unspecified atom stereocenters. The van der Waals surface area contributed by atoms with Crippen molar-refractivity contribution in [3.8, 4) is 11.6 Å². The van der Waals surface area contributed by atoms with Crippen LogP contribution < -0.4 is 9.64 Å². The maximum Gasteiger partial charge on any atom is 0.230 e. The summed E-state index contributed by atoms with van der Waals surface area (Å²) < 4.78 is 20.1. The van der Waals surface area contributed by atoms with E-state index < -0.39 is 0 Å². The van der Waals surface area contributed by atoms with Gasteiger partial charge in [-0.15, -0.1) is 0 Å². The van der Waals surface area contributed by atoms with E-state index in [2.05, 4.69) is 19.9 Å². The highest BCUT2D eigenvalue weighted by Crippen LogP contribution is 2.40. The number of rotatable bonds is 5. The molecule has 2 aromatic heterocycles. The number of ether oxygens (including phenoxy) is 1. The first-order chi connectivity index (χ1) is 15.1. The van der Waals surface area contributed by atoms with Gasteiger partial charge in [0.2, 0.25) is 10.8 Å². The van der Waals surface area contributed by atoms with Crippen molar-refractivity contribution in [1.82, 2.24) is 19.5 Å². The molecular formula is C22H22FN5O2S. The van der Waals surface area contributed by atoms with Crippen LogP contribution in [-0.2, 0) is 0 Å². The highest BCUT2D eigenvalue weighted by molar-refractivity contribution is 7.17. The van der Waals surface area contributed by atoms with Gasteiger partial charge in [0.25, 0.3) is 0 Å². The van der Waals surface area contributed by atoms with Gasteiger partial charge in [-0.05, 0) is 42.0 Å². The van der Waals surface area contributed by atoms with E-state index in [0.717, 1.165) is 48.1 Å². The summed E-state index contributed by atoms with van der Waals surface area (Å²) in [5.41, 5.74) is 2.08. The van der Waals surface area contributed by atoms with Crippen LogP contribution in [0.2, 0.25) is 0 Å².